The first-order valence-electron chi connectivity index (χ1n) is 4.19. The minimum absolute atomic E-state index is 0.330. The highest BCUT2D eigenvalue weighted by atomic mass is 79.9. The Balaban J connectivity index is 2.99. The molecule has 5 heteroatoms. The Hall–Kier alpha value is -0.970. The average molecular weight is 279 g/mol. The smallest absolute Gasteiger partial charge is 0.374 e. The maximum Gasteiger partial charge on any atom is 0.374 e. The van der Waals surface area contributed by atoms with Crippen LogP contribution in [-0.2, 0) is 11.2 Å². The van der Waals surface area contributed by atoms with Crippen LogP contribution in [0.4, 0.5) is 8.78 Å². The van der Waals surface area contributed by atoms with Crippen molar-refractivity contribution in [2.75, 3.05) is 0 Å². The van der Waals surface area contributed by atoms with E-state index in [1.807, 2.05) is 0 Å². The zero-order valence-corrected chi connectivity index (χ0v) is 9.51. The molecule has 1 aromatic carbocycles. The summed E-state index contributed by atoms with van der Waals surface area (Å²) in [6.07, 6.45) is -0.784. The SMILES string of the molecule is Cc1ccc(Br)cc1CC(F)(F)C(=O)O. The van der Waals surface area contributed by atoms with Crippen LogP contribution in [0, 0.1) is 6.92 Å². The minimum Gasteiger partial charge on any atom is -0.477 e. The van der Waals surface area contributed by atoms with E-state index in [-0.39, 0.29) is 0 Å². The minimum atomic E-state index is -3.72. The molecule has 0 fully saturated rings. The standard InChI is InChI=1S/C10H9BrF2O2/c1-6-2-3-8(11)4-7(6)5-10(12,13)9(14)15/h2-4H,5H2,1H3,(H,14,15). The van der Waals surface area contributed by atoms with Crippen molar-refractivity contribution in [3.63, 3.8) is 0 Å². The molecule has 0 unspecified atom stereocenters. The van der Waals surface area contributed by atoms with E-state index in [0.717, 1.165) is 0 Å². The lowest BCUT2D eigenvalue weighted by molar-refractivity contribution is -0.164. The van der Waals surface area contributed by atoms with Gasteiger partial charge in [-0.3, -0.25) is 0 Å². The summed E-state index contributed by atoms with van der Waals surface area (Å²) in [7, 11) is 0. The van der Waals surface area contributed by atoms with E-state index < -0.39 is 18.3 Å². The maximum atomic E-state index is 12.9. The molecule has 0 spiro atoms. The summed E-state index contributed by atoms with van der Waals surface area (Å²) in [6, 6.07) is 4.89. The van der Waals surface area contributed by atoms with Crippen LogP contribution in [-0.4, -0.2) is 17.0 Å². The fourth-order valence-electron chi connectivity index (χ4n) is 1.15. The van der Waals surface area contributed by atoms with Gasteiger partial charge in [0.15, 0.2) is 0 Å². The van der Waals surface area contributed by atoms with Crippen molar-refractivity contribution in [3.8, 4) is 0 Å². The Kier molecular flexibility index (Phi) is 3.44. The largest absolute Gasteiger partial charge is 0.477 e. The molecular weight excluding hydrogens is 270 g/mol. The van der Waals surface area contributed by atoms with E-state index in [1.165, 1.54) is 6.07 Å². The topological polar surface area (TPSA) is 37.3 Å². The number of aliphatic carboxylic acids is 1. The molecule has 0 aliphatic rings. The summed E-state index contributed by atoms with van der Waals surface area (Å²) in [5, 5.41) is 8.30. The second-order valence-electron chi connectivity index (χ2n) is 3.26. The second kappa shape index (κ2) is 4.26. The van der Waals surface area contributed by atoms with Crippen LogP contribution in [0.2, 0.25) is 0 Å². The summed E-state index contributed by atoms with van der Waals surface area (Å²) in [5.74, 6) is -5.81. The quantitative estimate of drug-likeness (QED) is 0.923. The van der Waals surface area contributed by atoms with E-state index in [9.17, 15) is 13.6 Å². The van der Waals surface area contributed by atoms with Gasteiger partial charge in [-0.15, -0.1) is 0 Å². The van der Waals surface area contributed by atoms with E-state index in [2.05, 4.69) is 15.9 Å². The fourth-order valence-corrected chi connectivity index (χ4v) is 1.55. The van der Waals surface area contributed by atoms with E-state index >= 15 is 0 Å². The van der Waals surface area contributed by atoms with Gasteiger partial charge < -0.3 is 5.11 Å². The van der Waals surface area contributed by atoms with Crippen LogP contribution in [0.5, 0.6) is 0 Å². The van der Waals surface area contributed by atoms with Crippen molar-refractivity contribution in [2.24, 2.45) is 0 Å². The number of hydrogen-bond acceptors (Lipinski definition) is 1. The number of alkyl halides is 2. The molecule has 0 aliphatic heterocycles. The van der Waals surface area contributed by atoms with Gasteiger partial charge in [0.2, 0.25) is 0 Å². The van der Waals surface area contributed by atoms with Gasteiger partial charge in [0.25, 0.3) is 0 Å². The Labute approximate surface area is 94.0 Å². The summed E-state index contributed by atoms with van der Waals surface area (Å²) >= 11 is 3.15. The average Bonchev–Trinajstić information content (AvgIpc) is 2.10. The molecule has 0 amide bonds. The molecular formula is C10H9BrF2O2. The highest BCUT2D eigenvalue weighted by molar-refractivity contribution is 9.10. The third-order valence-corrected chi connectivity index (χ3v) is 2.53. The van der Waals surface area contributed by atoms with Crippen molar-refractivity contribution < 1.29 is 18.7 Å². The Morgan fingerprint density at radius 1 is 1.53 bits per heavy atom. The van der Waals surface area contributed by atoms with Crippen molar-refractivity contribution in [1.82, 2.24) is 0 Å². The molecule has 1 aromatic rings. The molecule has 0 aliphatic carbocycles. The third-order valence-electron chi connectivity index (χ3n) is 2.04. The van der Waals surface area contributed by atoms with Crippen LogP contribution in [0.15, 0.2) is 22.7 Å². The maximum absolute atomic E-state index is 12.9. The van der Waals surface area contributed by atoms with E-state index in [4.69, 9.17) is 5.11 Å². The van der Waals surface area contributed by atoms with Crippen LogP contribution >= 0.6 is 15.9 Å². The zero-order valence-electron chi connectivity index (χ0n) is 7.93. The lowest BCUT2D eigenvalue weighted by Gasteiger charge is -2.13. The van der Waals surface area contributed by atoms with Gasteiger partial charge in [0.05, 0.1) is 0 Å². The van der Waals surface area contributed by atoms with E-state index in [0.29, 0.717) is 15.6 Å². The number of halogens is 3. The lowest BCUT2D eigenvalue weighted by atomic mass is 10.0. The van der Waals surface area contributed by atoms with Gasteiger partial charge in [0.1, 0.15) is 0 Å². The van der Waals surface area contributed by atoms with Gasteiger partial charge in [-0.05, 0) is 30.2 Å². The molecule has 0 saturated heterocycles. The second-order valence-corrected chi connectivity index (χ2v) is 4.17. The molecule has 0 aromatic heterocycles. The Morgan fingerprint density at radius 2 is 2.13 bits per heavy atom. The predicted octanol–water partition coefficient (Wildman–Crippen LogP) is 3.02. The van der Waals surface area contributed by atoms with Crippen LogP contribution in [0.25, 0.3) is 0 Å². The normalized spacial score (nSPS) is 11.5. The van der Waals surface area contributed by atoms with Crippen molar-refractivity contribution >= 4 is 21.9 Å². The monoisotopic (exact) mass is 278 g/mol. The summed E-state index contributed by atoms with van der Waals surface area (Å²) in [4.78, 5) is 10.3. The number of benzene rings is 1. The molecule has 0 saturated carbocycles. The van der Waals surface area contributed by atoms with Crippen LogP contribution in [0.3, 0.4) is 0 Å². The van der Waals surface area contributed by atoms with Gasteiger partial charge in [-0.2, -0.15) is 8.78 Å². The number of carbonyl (C=O) groups is 1. The Morgan fingerprint density at radius 3 is 2.67 bits per heavy atom. The summed E-state index contributed by atoms with van der Waals surface area (Å²) in [6.45, 7) is 1.67. The molecule has 2 nitrogen and oxygen atoms in total. The predicted molar refractivity (Wildman–Crippen MR) is 55.2 cm³/mol. The van der Waals surface area contributed by atoms with Gasteiger partial charge in [0, 0.05) is 10.9 Å². The van der Waals surface area contributed by atoms with Crippen molar-refractivity contribution in [1.29, 1.82) is 0 Å². The first kappa shape index (κ1) is 12.1. The summed E-state index contributed by atoms with van der Waals surface area (Å²) in [5.41, 5.74) is 0.982. The number of rotatable bonds is 3. The molecule has 0 radical (unpaired) electrons. The number of carboxylic acid groups (broad SMARTS) is 1. The number of carboxylic acids is 1. The first-order chi connectivity index (χ1) is 6.83. The summed E-state index contributed by atoms with van der Waals surface area (Å²) < 4.78 is 26.5. The number of aryl methyl sites for hydroxylation is 1. The van der Waals surface area contributed by atoms with Crippen LogP contribution in [0.1, 0.15) is 11.1 Å². The first-order valence-corrected chi connectivity index (χ1v) is 4.98. The van der Waals surface area contributed by atoms with E-state index in [1.54, 1.807) is 19.1 Å². The molecule has 15 heavy (non-hydrogen) atoms. The van der Waals surface area contributed by atoms with Gasteiger partial charge in [-0.25, -0.2) is 4.79 Å². The molecule has 1 rings (SSSR count). The highest BCUT2D eigenvalue weighted by Gasteiger charge is 2.39. The molecule has 82 valence electrons. The fraction of sp³-hybridized carbons (Fsp3) is 0.300. The third kappa shape index (κ3) is 2.99. The Bertz CT molecular complexity index is 391. The van der Waals surface area contributed by atoms with Gasteiger partial charge >= 0.3 is 11.9 Å². The van der Waals surface area contributed by atoms with Crippen molar-refractivity contribution in [3.05, 3.63) is 33.8 Å². The van der Waals surface area contributed by atoms with Crippen molar-refractivity contribution in [2.45, 2.75) is 19.3 Å². The lowest BCUT2D eigenvalue weighted by Crippen LogP contribution is -2.30. The zero-order chi connectivity index (χ0) is 11.6. The van der Waals surface area contributed by atoms with Crippen LogP contribution < -0.4 is 0 Å². The number of hydrogen-bond donors (Lipinski definition) is 1. The molecule has 1 N–H and O–H groups in total. The molecule has 0 atom stereocenters. The molecule has 0 bridgehead atoms. The highest BCUT2D eigenvalue weighted by Crippen LogP contribution is 2.24. The van der Waals surface area contributed by atoms with Gasteiger partial charge in [-0.1, -0.05) is 22.0 Å². The molecule has 0 heterocycles.